The second-order valence-corrected chi connectivity index (χ2v) is 4.93. The van der Waals surface area contributed by atoms with Crippen LogP contribution >= 0.6 is 11.5 Å². The zero-order valence-corrected chi connectivity index (χ0v) is 11.7. The summed E-state index contributed by atoms with van der Waals surface area (Å²) in [4.78, 5) is 26.5. The van der Waals surface area contributed by atoms with Crippen LogP contribution in [0.4, 0.5) is 0 Å². The third-order valence-corrected chi connectivity index (χ3v) is 3.73. The Balaban J connectivity index is 2.51. The van der Waals surface area contributed by atoms with Crippen LogP contribution in [0.5, 0.6) is 5.75 Å². The minimum atomic E-state index is -1.16. The summed E-state index contributed by atoms with van der Waals surface area (Å²) in [6.45, 7) is 3.17. The number of hydrogen-bond donors (Lipinski definition) is 3. The third kappa shape index (κ3) is 2.42. The van der Waals surface area contributed by atoms with Gasteiger partial charge in [-0.25, -0.2) is 4.98 Å². The lowest BCUT2D eigenvalue weighted by molar-refractivity contribution is -0.135. The molecular weight excluding hydrogens is 282 g/mol. The molecule has 2 rings (SSSR count). The molecule has 0 spiro atoms. The van der Waals surface area contributed by atoms with Crippen LogP contribution in [0.1, 0.15) is 28.8 Å². The van der Waals surface area contributed by atoms with Crippen LogP contribution in [-0.4, -0.2) is 38.0 Å². The average Bonchev–Trinajstić information content (AvgIpc) is 2.80. The van der Waals surface area contributed by atoms with Crippen LogP contribution in [0.2, 0.25) is 0 Å². The summed E-state index contributed by atoms with van der Waals surface area (Å²) in [6.07, 6.45) is 0.579. The zero-order valence-electron chi connectivity index (χ0n) is 10.9. The molecule has 20 heavy (non-hydrogen) atoms. The quantitative estimate of drug-likeness (QED) is 0.778. The van der Waals surface area contributed by atoms with Crippen LogP contribution in [0, 0.1) is 6.92 Å². The molecule has 1 amide bonds. The maximum Gasteiger partial charge on any atom is 0.322 e. The number of amides is 1. The summed E-state index contributed by atoms with van der Waals surface area (Å²) in [5.41, 5.74) is 1.24. The topological polar surface area (TPSA) is 112 Å². The lowest BCUT2D eigenvalue weighted by Crippen LogP contribution is -2.30. The van der Waals surface area contributed by atoms with Gasteiger partial charge in [-0.15, -0.1) is 0 Å². The highest BCUT2D eigenvalue weighted by Crippen LogP contribution is 2.34. The Morgan fingerprint density at radius 2 is 2.10 bits per heavy atom. The Hall–Kier alpha value is -2.22. The molecule has 7 nitrogen and oxygen atoms in total. The molecule has 2 heterocycles. The molecule has 0 aliphatic heterocycles. The van der Waals surface area contributed by atoms with Crippen LogP contribution in [-0.2, 0) is 11.2 Å². The Bertz CT molecular complexity index is 696. The second-order valence-electron chi connectivity index (χ2n) is 4.16. The summed E-state index contributed by atoms with van der Waals surface area (Å²) >= 11 is 1.09. The molecule has 3 N–H and O–H groups in total. The minimum Gasteiger partial charge on any atom is -0.504 e. The van der Waals surface area contributed by atoms with Crippen molar-refractivity contribution in [1.82, 2.24) is 14.7 Å². The molecule has 106 valence electrons. The molecule has 0 bridgehead atoms. The van der Waals surface area contributed by atoms with Gasteiger partial charge in [0.1, 0.15) is 11.2 Å². The number of aromatic hydroxyl groups is 1. The number of pyridine rings is 1. The summed E-state index contributed by atoms with van der Waals surface area (Å²) < 4.78 is 4.65. The van der Waals surface area contributed by atoms with Gasteiger partial charge in [-0.2, -0.15) is 4.37 Å². The SMILES string of the molecule is CCc1nc(C(=O)NCC(=O)O)c(O)c2snc(C)c12. The largest absolute Gasteiger partial charge is 0.504 e. The van der Waals surface area contributed by atoms with Gasteiger partial charge in [0.2, 0.25) is 0 Å². The lowest BCUT2D eigenvalue weighted by atomic mass is 10.1. The number of aromatic nitrogens is 2. The molecule has 0 aliphatic carbocycles. The third-order valence-electron chi connectivity index (χ3n) is 2.79. The van der Waals surface area contributed by atoms with E-state index in [-0.39, 0.29) is 11.4 Å². The van der Waals surface area contributed by atoms with Crippen molar-refractivity contribution in [2.45, 2.75) is 20.3 Å². The normalized spacial score (nSPS) is 10.7. The lowest BCUT2D eigenvalue weighted by Gasteiger charge is -2.08. The number of nitrogens with zero attached hydrogens (tertiary/aromatic N) is 2. The second kappa shape index (κ2) is 5.41. The fourth-order valence-electron chi connectivity index (χ4n) is 1.88. The van der Waals surface area contributed by atoms with E-state index < -0.39 is 18.4 Å². The molecule has 0 atom stereocenters. The van der Waals surface area contributed by atoms with Crippen molar-refractivity contribution >= 4 is 33.5 Å². The number of carboxylic acid groups (broad SMARTS) is 1. The van der Waals surface area contributed by atoms with Crippen molar-refractivity contribution in [1.29, 1.82) is 0 Å². The molecule has 0 aromatic carbocycles. The zero-order chi connectivity index (χ0) is 14.9. The first kappa shape index (κ1) is 14.2. The highest BCUT2D eigenvalue weighted by Gasteiger charge is 2.21. The number of hydrogen-bond acceptors (Lipinski definition) is 6. The van der Waals surface area contributed by atoms with Crippen molar-refractivity contribution < 1.29 is 19.8 Å². The number of carbonyl (C=O) groups is 2. The van der Waals surface area contributed by atoms with Crippen LogP contribution in [0.3, 0.4) is 0 Å². The molecule has 0 radical (unpaired) electrons. The predicted octanol–water partition coefficient (Wildman–Crippen LogP) is 1.08. The first-order valence-electron chi connectivity index (χ1n) is 5.93. The van der Waals surface area contributed by atoms with E-state index in [1.54, 1.807) is 0 Å². The first-order chi connectivity index (χ1) is 9.45. The Morgan fingerprint density at radius 1 is 1.40 bits per heavy atom. The van der Waals surface area contributed by atoms with Crippen molar-refractivity contribution in [3.8, 4) is 5.75 Å². The van der Waals surface area contributed by atoms with Gasteiger partial charge in [0.05, 0.1) is 11.4 Å². The maximum absolute atomic E-state index is 11.9. The minimum absolute atomic E-state index is 0.167. The number of aliphatic carboxylic acids is 1. The van der Waals surface area contributed by atoms with Crippen molar-refractivity contribution in [2.75, 3.05) is 6.54 Å². The molecule has 8 heteroatoms. The maximum atomic E-state index is 11.9. The highest BCUT2D eigenvalue weighted by atomic mass is 32.1. The van der Waals surface area contributed by atoms with E-state index in [4.69, 9.17) is 5.11 Å². The van der Waals surface area contributed by atoms with E-state index in [0.29, 0.717) is 16.8 Å². The number of carbonyl (C=O) groups excluding carboxylic acids is 1. The summed E-state index contributed by atoms with van der Waals surface area (Å²) in [7, 11) is 0. The molecule has 0 saturated carbocycles. The molecule has 0 saturated heterocycles. The van der Waals surface area contributed by atoms with Crippen molar-refractivity contribution in [2.24, 2.45) is 0 Å². The fourth-order valence-corrected chi connectivity index (χ4v) is 2.74. The summed E-state index contributed by atoms with van der Waals surface area (Å²) in [6, 6.07) is 0. The number of carboxylic acids is 1. The van der Waals surface area contributed by atoms with Crippen LogP contribution < -0.4 is 5.32 Å². The number of nitrogens with one attached hydrogen (secondary N) is 1. The van der Waals surface area contributed by atoms with Gasteiger partial charge in [-0.1, -0.05) is 6.92 Å². The van der Waals surface area contributed by atoms with E-state index in [1.165, 1.54) is 0 Å². The molecule has 0 aliphatic rings. The van der Waals surface area contributed by atoms with Gasteiger partial charge in [-0.3, -0.25) is 9.59 Å². The smallest absolute Gasteiger partial charge is 0.322 e. The van der Waals surface area contributed by atoms with Gasteiger partial charge in [0.15, 0.2) is 11.4 Å². The average molecular weight is 295 g/mol. The van der Waals surface area contributed by atoms with Gasteiger partial charge in [0.25, 0.3) is 5.91 Å². The van der Waals surface area contributed by atoms with Crippen LogP contribution in [0.15, 0.2) is 0 Å². The Labute approximate surface area is 118 Å². The van der Waals surface area contributed by atoms with Gasteiger partial charge >= 0.3 is 5.97 Å². The monoisotopic (exact) mass is 295 g/mol. The molecule has 2 aromatic heterocycles. The highest BCUT2D eigenvalue weighted by molar-refractivity contribution is 7.13. The van der Waals surface area contributed by atoms with E-state index in [0.717, 1.165) is 22.6 Å². The molecule has 0 fully saturated rings. The Morgan fingerprint density at radius 3 is 2.70 bits per heavy atom. The number of rotatable bonds is 4. The Kier molecular flexibility index (Phi) is 3.84. The predicted molar refractivity (Wildman–Crippen MR) is 73.2 cm³/mol. The van der Waals surface area contributed by atoms with E-state index >= 15 is 0 Å². The number of aryl methyl sites for hydroxylation is 2. The van der Waals surface area contributed by atoms with Crippen molar-refractivity contribution in [3.05, 3.63) is 17.1 Å². The van der Waals surface area contributed by atoms with E-state index in [1.807, 2.05) is 13.8 Å². The fraction of sp³-hybridized carbons (Fsp3) is 0.333. The standard InChI is InChI=1S/C12H13N3O4S/c1-3-6-8-5(2)15-20-11(8)10(18)9(14-6)12(19)13-4-7(16)17/h18H,3-4H2,1-2H3,(H,13,19)(H,16,17). The van der Waals surface area contributed by atoms with E-state index in [9.17, 15) is 14.7 Å². The number of fused-ring (bicyclic) bond motifs is 1. The van der Waals surface area contributed by atoms with Crippen LogP contribution in [0.25, 0.3) is 10.1 Å². The molecule has 0 unspecified atom stereocenters. The summed E-state index contributed by atoms with van der Waals surface area (Å²) in [5, 5.41) is 21.6. The molecular formula is C12H13N3O4S. The van der Waals surface area contributed by atoms with Gasteiger partial charge in [-0.05, 0) is 24.9 Å². The van der Waals surface area contributed by atoms with Gasteiger partial charge < -0.3 is 15.5 Å². The van der Waals surface area contributed by atoms with Gasteiger partial charge in [0, 0.05) is 5.39 Å². The molecule has 2 aromatic rings. The first-order valence-corrected chi connectivity index (χ1v) is 6.70. The van der Waals surface area contributed by atoms with Crippen molar-refractivity contribution in [3.63, 3.8) is 0 Å². The van der Waals surface area contributed by atoms with E-state index in [2.05, 4.69) is 14.7 Å². The summed E-state index contributed by atoms with van der Waals surface area (Å²) in [5.74, 6) is -2.14.